The quantitative estimate of drug-likeness (QED) is 0.886. The number of hydrogen-bond donors (Lipinski definition) is 1. The van der Waals surface area contributed by atoms with E-state index in [9.17, 15) is 9.59 Å². The average Bonchev–Trinajstić information content (AvgIpc) is 2.92. The van der Waals surface area contributed by atoms with Crippen molar-refractivity contribution in [3.8, 4) is 0 Å². The molecule has 3 heterocycles. The summed E-state index contributed by atoms with van der Waals surface area (Å²) >= 11 is 0. The minimum absolute atomic E-state index is 0.299. The Labute approximate surface area is 128 Å². The maximum absolute atomic E-state index is 12.4. The fourth-order valence-electron chi connectivity index (χ4n) is 3.34. The van der Waals surface area contributed by atoms with E-state index in [2.05, 4.69) is 21.8 Å². The van der Waals surface area contributed by atoms with Crippen molar-refractivity contribution in [2.75, 3.05) is 13.1 Å². The molecule has 1 saturated heterocycles. The molecule has 7 heteroatoms. The molecule has 22 heavy (non-hydrogen) atoms. The number of aromatic nitrogens is 4. The van der Waals surface area contributed by atoms with E-state index in [1.807, 2.05) is 0 Å². The summed E-state index contributed by atoms with van der Waals surface area (Å²) in [4.78, 5) is 29.3. The molecule has 0 aliphatic carbocycles. The fraction of sp³-hybridized carbons (Fsp3) is 0.667. The predicted molar refractivity (Wildman–Crippen MR) is 85.4 cm³/mol. The van der Waals surface area contributed by atoms with Gasteiger partial charge in [-0.1, -0.05) is 6.92 Å². The summed E-state index contributed by atoms with van der Waals surface area (Å²) in [5.74, 6) is 1.30. The van der Waals surface area contributed by atoms with E-state index < -0.39 is 0 Å². The number of nitrogens with zero attached hydrogens (tertiary/aromatic N) is 4. The summed E-state index contributed by atoms with van der Waals surface area (Å²) in [6.07, 6.45) is 2.97. The van der Waals surface area contributed by atoms with Crippen LogP contribution in [0.25, 0.3) is 11.2 Å². The minimum atomic E-state index is -0.303. The van der Waals surface area contributed by atoms with E-state index in [-0.39, 0.29) is 11.2 Å². The monoisotopic (exact) mass is 305 g/mol. The lowest BCUT2D eigenvalue weighted by molar-refractivity contribution is 0.430. The molecule has 120 valence electrons. The Morgan fingerprint density at radius 3 is 2.50 bits per heavy atom. The number of hydrogen-bond acceptors (Lipinski definition) is 4. The molecule has 1 fully saturated rings. The van der Waals surface area contributed by atoms with E-state index in [1.54, 1.807) is 11.6 Å². The number of rotatable bonds is 3. The molecule has 0 radical (unpaired) electrons. The maximum atomic E-state index is 12.4. The van der Waals surface area contributed by atoms with Gasteiger partial charge in [-0.2, -0.15) is 0 Å². The van der Waals surface area contributed by atoms with Crippen LogP contribution >= 0.6 is 0 Å². The van der Waals surface area contributed by atoms with Crippen LogP contribution in [0, 0.1) is 0 Å². The van der Waals surface area contributed by atoms with Crippen LogP contribution in [0.3, 0.4) is 0 Å². The normalized spacial score (nSPS) is 16.5. The molecule has 0 aromatic carbocycles. The van der Waals surface area contributed by atoms with Crippen molar-refractivity contribution in [2.45, 2.75) is 38.6 Å². The largest absolute Gasteiger partial charge is 0.332 e. The molecular formula is C15H23N5O2. The third-order valence-corrected chi connectivity index (χ3v) is 4.52. The Bertz CT molecular complexity index is 808. The van der Waals surface area contributed by atoms with Gasteiger partial charge in [0.05, 0.1) is 0 Å². The first-order valence-electron chi connectivity index (χ1n) is 7.93. The van der Waals surface area contributed by atoms with Gasteiger partial charge in [0.15, 0.2) is 5.52 Å². The average molecular weight is 305 g/mol. The highest BCUT2D eigenvalue weighted by Crippen LogP contribution is 2.27. The van der Waals surface area contributed by atoms with Gasteiger partial charge in [-0.25, -0.2) is 9.78 Å². The molecule has 1 N–H and O–H groups in total. The lowest BCUT2D eigenvalue weighted by Crippen LogP contribution is -2.37. The highest BCUT2D eigenvalue weighted by molar-refractivity contribution is 5.71. The van der Waals surface area contributed by atoms with Gasteiger partial charge in [0.25, 0.3) is 5.56 Å². The number of nitrogens with one attached hydrogen (secondary N) is 1. The van der Waals surface area contributed by atoms with Crippen molar-refractivity contribution >= 4 is 11.2 Å². The van der Waals surface area contributed by atoms with Crippen molar-refractivity contribution in [3.05, 3.63) is 26.7 Å². The van der Waals surface area contributed by atoms with Crippen molar-refractivity contribution in [3.63, 3.8) is 0 Å². The van der Waals surface area contributed by atoms with E-state index in [1.165, 1.54) is 7.05 Å². The third-order valence-electron chi connectivity index (χ3n) is 4.52. The first kappa shape index (κ1) is 15.0. The fourth-order valence-corrected chi connectivity index (χ4v) is 3.34. The molecule has 0 saturated carbocycles. The maximum Gasteiger partial charge on any atom is 0.332 e. The number of fused-ring (bicyclic) bond motifs is 1. The first-order chi connectivity index (χ1) is 10.6. The topological polar surface area (TPSA) is 73.8 Å². The van der Waals surface area contributed by atoms with Gasteiger partial charge in [0, 0.05) is 26.6 Å². The molecule has 0 spiro atoms. The zero-order valence-electron chi connectivity index (χ0n) is 13.4. The molecule has 1 aliphatic rings. The number of piperidine rings is 1. The van der Waals surface area contributed by atoms with E-state index >= 15 is 0 Å². The molecule has 0 atom stereocenters. The highest BCUT2D eigenvalue weighted by atomic mass is 16.2. The van der Waals surface area contributed by atoms with Crippen LogP contribution in [0.4, 0.5) is 0 Å². The van der Waals surface area contributed by atoms with E-state index in [0.717, 1.165) is 49.3 Å². The van der Waals surface area contributed by atoms with Crippen LogP contribution in [0.5, 0.6) is 0 Å². The Balaban J connectivity index is 2.31. The van der Waals surface area contributed by atoms with Crippen LogP contribution in [-0.2, 0) is 20.6 Å². The molecular weight excluding hydrogens is 282 g/mol. The second kappa shape index (κ2) is 5.72. The lowest BCUT2D eigenvalue weighted by atomic mass is 9.97. The smallest absolute Gasteiger partial charge is 0.317 e. The summed E-state index contributed by atoms with van der Waals surface area (Å²) < 4.78 is 4.76. The SMILES string of the molecule is CCCn1c(C2CCNCC2)nc2c(=O)n(C)c(=O)n(C)c21. The molecule has 0 unspecified atom stereocenters. The molecule has 2 aromatic heterocycles. The van der Waals surface area contributed by atoms with Gasteiger partial charge in [-0.15, -0.1) is 0 Å². The van der Waals surface area contributed by atoms with Gasteiger partial charge in [0.1, 0.15) is 11.5 Å². The van der Waals surface area contributed by atoms with Gasteiger partial charge in [-0.05, 0) is 32.4 Å². The molecule has 7 nitrogen and oxygen atoms in total. The van der Waals surface area contributed by atoms with E-state index in [4.69, 9.17) is 0 Å². The zero-order chi connectivity index (χ0) is 15.9. The third kappa shape index (κ3) is 2.20. The lowest BCUT2D eigenvalue weighted by Gasteiger charge is -2.23. The zero-order valence-corrected chi connectivity index (χ0v) is 13.4. The first-order valence-corrected chi connectivity index (χ1v) is 7.93. The van der Waals surface area contributed by atoms with Crippen LogP contribution in [-0.4, -0.2) is 31.8 Å². The second-order valence-electron chi connectivity index (χ2n) is 6.02. The number of aryl methyl sites for hydroxylation is 2. The van der Waals surface area contributed by atoms with Gasteiger partial charge in [0.2, 0.25) is 0 Å². The molecule has 1 aliphatic heterocycles. The van der Waals surface area contributed by atoms with Gasteiger partial charge >= 0.3 is 5.69 Å². The van der Waals surface area contributed by atoms with Crippen molar-refractivity contribution in [1.82, 2.24) is 24.0 Å². The molecule has 3 rings (SSSR count). The van der Waals surface area contributed by atoms with Crippen molar-refractivity contribution in [2.24, 2.45) is 14.1 Å². The van der Waals surface area contributed by atoms with Gasteiger partial charge < -0.3 is 9.88 Å². The Kier molecular flexibility index (Phi) is 3.90. The van der Waals surface area contributed by atoms with Crippen LogP contribution in [0.2, 0.25) is 0 Å². The van der Waals surface area contributed by atoms with Crippen LogP contribution < -0.4 is 16.6 Å². The number of imidazole rings is 1. The summed E-state index contributed by atoms with van der Waals surface area (Å²) in [7, 11) is 3.22. The van der Waals surface area contributed by atoms with E-state index in [0.29, 0.717) is 17.1 Å². The van der Waals surface area contributed by atoms with Crippen molar-refractivity contribution < 1.29 is 0 Å². The summed E-state index contributed by atoms with van der Waals surface area (Å²) in [5, 5.41) is 3.35. The Morgan fingerprint density at radius 2 is 1.86 bits per heavy atom. The molecule has 0 bridgehead atoms. The standard InChI is InChI=1S/C15H23N5O2/c1-4-9-20-12(10-5-7-16-8-6-10)17-11-13(20)18(2)15(22)19(3)14(11)21/h10,16H,4-9H2,1-3H3. The van der Waals surface area contributed by atoms with Crippen LogP contribution in [0.1, 0.15) is 37.9 Å². The predicted octanol–water partition coefficient (Wildman–Crippen LogP) is 0.311. The van der Waals surface area contributed by atoms with Crippen LogP contribution in [0.15, 0.2) is 9.59 Å². The minimum Gasteiger partial charge on any atom is -0.317 e. The second-order valence-corrected chi connectivity index (χ2v) is 6.02. The Hall–Kier alpha value is -1.89. The summed E-state index contributed by atoms with van der Waals surface area (Å²) in [6, 6.07) is 0. The molecule has 2 aromatic rings. The van der Waals surface area contributed by atoms with Gasteiger partial charge in [-0.3, -0.25) is 13.9 Å². The summed E-state index contributed by atoms with van der Waals surface area (Å²) in [6.45, 7) is 4.81. The molecule has 0 amide bonds. The Morgan fingerprint density at radius 1 is 1.18 bits per heavy atom. The van der Waals surface area contributed by atoms with Crippen molar-refractivity contribution in [1.29, 1.82) is 0 Å². The summed E-state index contributed by atoms with van der Waals surface area (Å²) in [5.41, 5.74) is 0.463. The highest BCUT2D eigenvalue weighted by Gasteiger charge is 2.25.